The highest BCUT2D eigenvalue weighted by molar-refractivity contribution is 8.93. The molecule has 0 bridgehead atoms. The summed E-state index contributed by atoms with van der Waals surface area (Å²) in [5, 5.41) is 0. The largest absolute Gasteiger partial charge is 0.342 e. The summed E-state index contributed by atoms with van der Waals surface area (Å²) in [4.78, 5) is 7.61. The monoisotopic (exact) mass is 226 g/mol. The van der Waals surface area contributed by atoms with E-state index in [0.717, 1.165) is 23.3 Å². The van der Waals surface area contributed by atoms with Gasteiger partial charge in [-0.05, 0) is 12.1 Å². The molecule has 1 aromatic heterocycles. The number of benzene rings is 1. The minimum Gasteiger partial charge on any atom is -0.342 e. The van der Waals surface area contributed by atoms with Crippen LogP contribution in [0.2, 0.25) is 0 Å². The first kappa shape index (κ1) is 9.26. The molecule has 12 heavy (non-hydrogen) atoms. The van der Waals surface area contributed by atoms with Crippen molar-refractivity contribution in [2.45, 2.75) is 13.3 Å². The Hall–Kier alpha value is -0.830. The smallest absolute Gasteiger partial charge is 0.106 e. The summed E-state index contributed by atoms with van der Waals surface area (Å²) < 4.78 is 0. The predicted molar refractivity (Wildman–Crippen MR) is 55.8 cm³/mol. The van der Waals surface area contributed by atoms with Gasteiger partial charge in [-0.15, -0.1) is 17.0 Å². The number of hydrogen-bond acceptors (Lipinski definition) is 1. The number of rotatable bonds is 1. The third-order valence-corrected chi connectivity index (χ3v) is 1.77. The highest BCUT2D eigenvalue weighted by Gasteiger charge is 1.97. The predicted octanol–water partition coefficient (Wildman–Crippen LogP) is 2.70. The average molecular weight is 227 g/mol. The van der Waals surface area contributed by atoms with Crippen molar-refractivity contribution >= 4 is 28.0 Å². The fourth-order valence-electron chi connectivity index (χ4n) is 1.17. The van der Waals surface area contributed by atoms with Crippen molar-refractivity contribution in [3.8, 4) is 0 Å². The molecule has 0 amide bonds. The van der Waals surface area contributed by atoms with Crippen LogP contribution in [-0.4, -0.2) is 9.97 Å². The lowest BCUT2D eigenvalue weighted by Gasteiger charge is -1.82. The van der Waals surface area contributed by atoms with Gasteiger partial charge in [0.2, 0.25) is 0 Å². The summed E-state index contributed by atoms with van der Waals surface area (Å²) in [7, 11) is 0. The summed E-state index contributed by atoms with van der Waals surface area (Å²) in [5.41, 5.74) is 2.19. The molecule has 1 heterocycles. The average Bonchev–Trinajstić information content (AvgIpc) is 2.46. The Kier molecular flexibility index (Phi) is 2.87. The van der Waals surface area contributed by atoms with Crippen LogP contribution in [0.5, 0.6) is 0 Å². The van der Waals surface area contributed by atoms with Gasteiger partial charge in [-0.3, -0.25) is 0 Å². The minimum atomic E-state index is 0. The van der Waals surface area contributed by atoms with E-state index in [0.29, 0.717) is 0 Å². The lowest BCUT2D eigenvalue weighted by Crippen LogP contribution is -1.79. The van der Waals surface area contributed by atoms with E-state index in [1.54, 1.807) is 0 Å². The number of para-hydroxylation sites is 2. The zero-order valence-corrected chi connectivity index (χ0v) is 8.59. The Morgan fingerprint density at radius 1 is 1.33 bits per heavy atom. The molecule has 1 N–H and O–H groups in total. The third-order valence-electron chi connectivity index (χ3n) is 1.77. The molecule has 0 aliphatic rings. The standard InChI is InChI=1S/C9H10N2.BrH/c1-2-9-10-7-5-3-4-6-8(7)11-9;/h3-6H,2H2,1H3,(H,10,11);1H. The van der Waals surface area contributed by atoms with E-state index in [1.165, 1.54) is 0 Å². The molecular weight excluding hydrogens is 216 g/mol. The molecule has 0 atom stereocenters. The number of imidazole rings is 1. The lowest BCUT2D eigenvalue weighted by atomic mass is 10.3. The number of hydrogen-bond donors (Lipinski definition) is 1. The van der Waals surface area contributed by atoms with Crippen LogP contribution in [0.1, 0.15) is 12.7 Å². The zero-order valence-electron chi connectivity index (χ0n) is 6.87. The van der Waals surface area contributed by atoms with E-state index in [1.807, 2.05) is 24.3 Å². The second kappa shape index (κ2) is 3.72. The Morgan fingerprint density at radius 3 is 2.75 bits per heavy atom. The second-order valence-corrected chi connectivity index (χ2v) is 2.55. The van der Waals surface area contributed by atoms with E-state index in [-0.39, 0.29) is 17.0 Å². The first-order valence-corrected chi connectivity index (χ1v) is 3.84. The molecule has 1 aromatic carbocycles. The molecule has 0 saturated heterocycles. The number of fused-ring (bicyclic) bond motifs is 1. The number of nitrogens with one attached hydrogen (secondary N) is 1. The maximum Gasteiger partial charge on any atom is 0.106 e. The van der Waals surface area contributed by atoms with E-state index >= 15 is 0 Å². The van der Waals surface area contributed by atoms with Gasteiger partial charge in [0.15, 0.2) is 0 Å². The van der Waals surface area contributed by atoms with Crippen LogP contribution in [0.15, 0.2) is 24.3 Å². The molecule has 0 saturated carbocycles. The number of aromatic nitrogens is 2. The first-order valence-electron chi connectivity index (χ1n) is 3.84. The number of aryl methyl sites for hydroxylation is 1. The molecule has 2 rings (SSSR count). The topological polar surface area (TPSA) is 28.7 Å². The van der Waals surface area contributed by atoms with Crippen LogP contribution < -0.4 is 0 Å². The van der Waals surface area contributed by atoms with Crippen molar-refractivity contribution in [3.05, 3.63) is 30.1 Å². The number of aromatic amines is 1. The van der Waals surface area contributed by atoms with Gasteiger partial charge in [0.25, 0.3) is 0 Å². The van der Waals surface area contributed by atoms with E-state index in [2.05, 4.69) is 16.9 Å². The molecule has 2 nitrogen and oxygen atoms in total. The highest BCUT2D eigenvalue weighted by atomic mass is 79.9. The summed E-state index contributed by atoms with van der Waals surface area (Å²) >= 11 is 0. The minimum absolute atomic E-state index is 0. The maximum atomic E-state index is 4.38. The van der Waals surface area contributed by atoms with Gasteiger partial charge in [0.1, 0.15) is 5.82 Å². The fraction of sp³-hybridized carbons (Fsp3) is 0.222. The molecule has 0 unspecified atom stereocenters. The Morgan fingerprint density at radius 2 is 2.08 bits per heavy atom. The van der Waals surface area contributed by atoms with Crippen LogP contribution in [0.3, 0.4) is 0 Å². The van der Waals surface area contributed by atoms with Crippen molar-refractivity contribution in [2.75, 3.05) is 0 Å². The van der Waals surface area contributed by atoms with Gasteiger partial charge in [0, 0.05) is 6.42 Å². The van der Waals surface area contributed by atoms with E-state index in [4.69, 9.17) is 0 Å². The third kappa shape index (κ3) is 1.50. The molecular formula is C9H11BrN2. The molecule has 0 aliphatic heterocycles. The quantitative estimate of drug-likeness (QED) is 0.797. The Labute approximate surface area is 81.8 Å². The summed E-state index contributed by atoms with van der Waals surface area (Å²) in [6.45, 7) is 2.09. The van der Waals surface area contributed by atoms with Gasteiger partial charge in [0.05, 0.1) is 11.0 Å². The molecule has 0 fully saturated rings. The van der Waals surface area contributed by atoms with Gasteiger partial charge in [-0.25, -0.2) is 4.98 Å². The Bertz CT molecular complexity index is 334. The molecule has 0 spiro atoms. The van der Waals surface area contributed by atoms with Crippen LogP contribution in [0, 0.1) is 0 Å². The maximum absolute atomic E-state index is 4.38. The Balaban J connectivity index is 0.000000720. The molecule has 0 aliphatic carbocycles. The molecule has 2 aromatic rings. The number of H-pyrrole nitrogens is 1. The highest BCUT2D eigenvalue weighted by Crippen LogP contribution is 2.09. The summed E-state index contributed by atoms with van der Waals surface area (Å²) in [6.07, 6.45) is 0.967. The van der Waals surface area contributed by atoms with Crippen molar-refractivity contribution in [1.29, 1.82) is 0 Å². The van der Waals surface area contributed by atoms with Gasteiger partial charge in [-0.1, -0.05) is 19.1 Å². The van der Waals surface area contributed by atoms with Crippen molar-refractivity contribution in [2.24, 2.45) is 0 Å². The van der Waals surface area contributed by atoms with Gasteiger partial charge < -0.3 is 4.98 Å². The first-order chi connectivity index (χ1) is 5.40. The normalized spacial score (nSPS) is 9.75. The molecule has 0 radical (unpaired) electrons. The number of nitrogens with zero attached hydrogens (tertiary/aromatic N) is 1. The van der Waals surface area contributed by atoms with Crippen molar-refractivity contribution in [3.63, 3.8) is 0 Å². The van der Waals surface area contributed by atoms with Crippen LogP contribution in [0.25, 0.3) is 11.0 Å². The zero-order chi connectivity index (χ0) is 7.68. The molecule has 3 heteroatoms. The van der Waals surface area contributed by atoms with Crippen molar-refractivity contribution < 1.29 is 0 Å². The van der Waals surface area contributed by atoms with Crippen molar-refractivity contribution in [1.82, 2.24) is 9.97 Å². The van der Waals surface area contributed by atoms with Crippen LogP contribution >= 0.6 is 17.0 Å². The van der Waals surface area contributed by atoms with Crippen LogP contribution in [-0.2, 0) is 6.42 Å². The molecule has 64 valence electrons. The van der Waals surface area contributed by atoms with Gasteiger partial charge in [-0.2, -0.15) is 0 Å². The van der Waals surface area contributed by atoms with Gasteiger partial charge >= 0.3 is 0 Å². The summed E-state index contributed by atoms with van der Waals surface area (Å²) in [6, 6.07) is 8.08. The SMILES string of the molecule is Br.CCc1nc2ccccc2[nH]1. The second-order valence-electron chi connectivity index (χ2n) is 2.55. The van der Waals surface area contributed by atoms with E-state index in [9.17, 15) is 0 Å². The van der Waals surface area contributed by atoms with E-state index < -0.39 is 0 Å². The lowest BCUT2D eigenvalue weighted by molar-refractivity contribution is 1.00. The number of halogens is 1. The van der Waals surface area contributed by atoms with Crippen LogP contribution in [0.4, 0.5) is 0 Å². The fourth-order valence-corrected chi connectivity index (χ4v) is 1.17. The summed E-state index contributed by atoms with van der Waals surface area (Å²) in [5.74, 6) is 1.06.